The van der Waals surface area contributed by atoms with Crippen LogP contribution in [-0.4, -0.2) is 37.6 Å². The van der Waals surface area contributed by atoms with Gasteiger partial charge in [0.15, 0.2) is 0 Å². The fraction of sp³-hybridized carbons (Fsp3) is 1.00. The van der Waals surface area contributed by atoms with Crippen molar-refractivity contribution < 1.29 is 0 Å². The molecule has 1 heterocycles. The van der Waals surface area contributed by atoms with Crippen molar-refractivity contribution >= 4 is 0 Å². The molecule has 0 radical (unpaired) electrons. The van der Waals surface area contributed by atoms with Crippen LogP contribution in [0.1, 0.15) is 59.8 Å². The fourth-order valence-electron chi connectivity index (χ4n) is 2.73. The fourth-order valence-corrected chi connectivity index (χ4v) is 2.73. The SMILES string of the molecule is CC[C@@H](CCCN1CCNCC1)CCC(C)(C)C. The van der Waals surface area contributed by atoms with Crippen LogP contribution in [0.2, 0.25) is 0 Å². The number of nitrogens with one attached hydrogen (secondary N) is 1. The number of rotatable bonds is 7. The molecule has 0 amide bonds. The molecule has 0 aliphatic carbocycles. The monoisotopic (exact) mass is 254 g/mol. The molecule has 1 aliphatic heterocycles. The Morgan fingerprint density at radius 2 is 1.78 bits per heavy atom. The van der Waals surface area contributed by atoms with Gasteiger partial charge in [-0.3, -0.25) is 0 Å². The van der Waals surface area contributed by atoms with Gasteiger partial charge in [0.25, 0.3) is 0 Å². The van der Waals surface area contributed by atoms with E-state index in [1.807, 2.05) is 0 Å². The normalized spacial score (nSPS) is 20.0. The predicted octanol–water partition coefficient (Wildman–Crippen LogP) is 3.52. The number of piperazine rings is 1. The summed E-state index contributed by atoms with van der Waals surface area (Å²) in [6, 6.07) is 0. The first-order valence-corrected chi connectivity index (χ1v) is 7.94. The summed E-state index contributed by atoms with van der Waals surface area (Å²) in [6.45, 7) is 15.6. The van der Waals surface area contributed by atoms with E-state index < -0.39 is 0 Å². The Balaban J connectivity index is 2.10. The van der Waals surface area contributed by atoms with Crippen LogP contribution >= 0.6 is 0 Å². The number of nitrogens with zero attached hydrogens (tertiary/aromatic N) is 1. The van der Waals surface area contributed by atoms with Gasteiger partial charge in [-0.15, -0.1) is 0 Å². The molecule has 0 spiro atoms. The molecule has 1 fully saturated rings. The Labute approximate surface area is 115 Å². The van der Waals surface area contributed by atoms with Gasteiger partial charge in [0.05, 0.1) is 0 Å². The highest BCUT2D eigenvalue weighted by Gasteiger charge is 2.15. The van der Waals surface area contributed by atoms with Crippen molar-refractivity contribution in [3.8, 4) is 0 Å². The minimum Gasteiger partial charge on any atom is -0.314 e. The molecular formula is C16H34N2. The van der Waals surface area contributed by atoms with Crippen molar-refractivity contribution in [1.29, 1.82) is 0 Å². The lowest BCUT2D eigenvalue weighted by Gasteiger charge is -2.28. The van der Waals surface area contributed by atoms with Gasteiger partial charge in [-0.05, 0) is 43.6 Å². The summed E-state index contributed by atoms with van der Waals surface area (Å²) in [7, 11) is 0. The molecule has 18 heavy (non-hydrogen) atoms. The van der Waals surface area contributed by atoms with Crippen LogP contribution in [0.25, 0.3) is 0 Å². The highest BCUT2D eigenvalue weighted by molar-refractivity contribution is 4.70. The number of hydrogen-bond acceptors (Lipinski definition) is 2. The molecule has 0 aromatic rings. The molecule has 2 heteroatoms. The van der Waals surface area contributed by atoms with Gasteiger partial charge in [0.2, 0.25) is 0 Å². The van der Waals surface area contributed by atoms with E-state index in [0.717, 1.165) is 5.92 Å². The van der Waals surface area contributed by atoms with E-state index in [1.165, 1.54) is 64.8 Å². The maximum atomic E-state index is 3.42. The molecule has 108 valence electrons. The lowest BCUT2D eigenvalue weighted by atomic mass is 9.84. The maximum absolute atomic E-state index is 3.42. The zero-order valence-electron chi connectivity index (χ0n) is 13.1. The van der Waals surface area contributed by atoms with E-state index in [0.29, 0.717) is 5.41 Å². The molecule has 2 nitrogen and oxygen atoms in total. The molecule has 0 aromatic carbocycles. The highest BCUT2D eigenvalue weighted by Crippen LogP contribution is 2.27. The standard InChI is InChI=1S/C16H34N2/c1-5-15(8-9-16(2,3)4)7-6-12-18-13-10-17-11-14-18/h15,17H,5-14H2,1-4H3/t15-/m0/s1. The van der Waals surface area contributed by atoms with Crippen LogP contribution in [0, 0.1) is 11.3 Å². The molecule has 1 aliphatic rings. The van der Waals surface area contributed by atoms with Gasteiger partial charge in [0.1, 0.15) is 0 Å². The van der Waals surface area contributed by atoms with Gasteiger partial charge in [-0.1, -0.05) is 34.1 Å². The average Bonchev–Trinajstić information content (AvgIpc) is 2.33. The van der Waals surface area contributed by atoms with E-state index in [4.69, 9.17) is 0 Å². The summed E-state index contributed by atoms with van der Waals surface area (Å²) in [4.78, 5) is 2.62. The first kappa shape index (κ1) is 16.0. The van der Waals surface area contributed by atoms with Gasteiger partial charge >= 0.3 is 0 Å². The summed E-state index contributed by atoms with van der Waals surface area (Å²) in [5.74, 6) is 0.951. The van der Waals surface area contributed by atoms with Gasteiger partial charge in [0, 0.05) is 26.2 Å². The van der Waals surface area contributed by atoms with E-state index in [9.17, 15) is 0 Å². The smallest absolute Gasteiger partial charge is 0.0107 e. The van der Waals surface area contributed by atoms with E-state index in [-0.39, 0.29) is 0 Å². The van der Waals surface area contributed by atoms with E-state index in [1.54, 1.807) is 0 Å². The number of hydrogen-bond donors (Lipinski definition) is 1. The summed E-state index contributed by atoms with van der Waals surface area (Å²) in [5, 5.41) is 3.42. The Bertz CT molecular complexity index is 202. The quantitative estimate of drug-likeness (QED) is 0.748. The minimum atomic E-state index is 0.506. The minimum absolute atomic E-state index is 0.506. The van der Waals surface area contributed by atoms with Crippen molar-refractivity contribution in [3.05, 3.63) is 0 Å². The van der Waals surface area contributed by atoms with Crippen LogP contribution in [0.15, 0.2) is 0 Å². The topological polar surface area (TPSA) is 15.3 Å². The Morgan fingerprint density at radius 1 is 1.11 bits per heavy atom. The molecule has 1 saturated heterocycles. The van der Waals surface area contributed by atoms with Crippen molar-refractivity contribution in [2.45, 2.75) is 59.8 Å². The summed E-state index contributed by atoms with van der Waals surface area (Å²) >= 11 is 0. The molecule has 1 rings (SSSR count). The lowest BCUT2D eigenvalue weighted by molar-refractivity contribution is 0.225. The van der Waals surface area contributed by atoms with E-state index in [2.05, 4.69) is 37.9 Å². The van der Waals surface area contributed by atoms with Gasteiger partial charge < -0.3 is 10.2 Å². The molecule has 1 atom stereocenters. The lowest BCUT2D eigenvalue weighted by Crippen LogP contribution is -2.43. The maximum Gasteiger partial charge on any atom is 0.0107 e. The first-order valence-electron chi connectivity index (χ1n) is 7.94. The summed E-state index contributed by atoms with van der Waals surface area (Å²) < 4.78 is 0. The van der Waals surface area contributed by atoms with Crippen molar-refractivity contribution in [2.24, 2.45) is 11.3 Å². The van der Waals surface area contributed by atoms with Crippen LogP contribution < -0.4 is 5.32 Å². The van der Waals surface area contributed by atoms with Crippen molar-refractivity contribution in [3.63, 3.8) is 0 Å². The summed E-state index contributed by atoms with van der Waals surface area (Å²) in [6.07, 6.45) is 6.97. The average molecular weight is 254 g/mol. The molecule has 0 unspecified atom stereocenters. The molecular weight excluding hydrogens is 220 g/mol. The van der Waals surface area contributed by atoms with E-state index >= 15 is 0 Å². The second kappa shape index (κ2) is 8.16. The zero-order valence-corrected chi connectivity index (χ0v) is 13.1. The molecule has 0 aromatic heterocycles. The second-order valence-electron chi connectivity index (χ2n) is 7.11. The van der Waals surface area contributed by atoms with Crippen molar-refractivity contribution in [2.75, 3.05) is 32.7 Å². The Kier molecular flexibility index (Phi) is 7.25. The molecule has 1 N–H and O–H groups in total. The third-order valence-corrected chi connectivity index (χ3v) is 4.18. The third-order valence-electron chi connectivity index (χ3n) is 4.18. The van der Waals surface area contributed by atoms with Crippen LogP contribution in [0.3, 0.4) is 0 Å². The van der Waals surface area contributed by atoms with Gasteiger partial charge in [-0.25, -0.2) is 0 Å². The molecule has 0 bridgehead atoms. The summed E-state index contributed by atoms with van der Waals surface area (Å²) in [5.41, 5.74) is 0.506. The predicted molar refractivity (Wildman–Crippen MR) is 81.0 cm³/mol. The highest BCUT2D eigenvalue weighted by atomic mass is 15.2. The van der Waals surface area contributed by atoms with Crippen LogP contribution in [0.5, 0.6) is 0 Å². The molecule has 0 saturated carbocycles. The van der Waals surface area contributed by atoms with Gasteiger partial charge in [-0.2, -0.15) is 0 Å². The third kappa shape index (κ3) is 7.38. The Morgan fingerprint density at radius 3 is 2.33 bits per heavy atom. The first-order chi connectivity index (χ1) is 8.51. The van der Waals surface area contributed by atoms with Crippen molar-refractivity contribution in [1.82, 2.24) is 10.2 Å². The zero-order chi connectivity index (χ0) is 13.4. The second-order valence-corrected chi connectivity index (χ2v) is 7.11. The largest absolute Gasteiger partial charge is 0.314 e. The Hall–Kier alpha value is -0.0800. The van der Waals surface area contributed by atoms with Crippen LogP contribution in [-0.2, 0) is 0 Å². The van der Waals surface area contributed by atoms with Crippen LogP contribution in [0.4, 0.5) is 0 Å².